The van der Waals surface area contributed by atoms with Gasteiger partial charge in [-0.25, -0.2) is 9.78 Å². The number of alkyl halides is 3. The Labute approximate surface area is 156 Å². The Bertz CT molecular complexity index is 1050. The molecule has 2 aromatic heterocycles. The van der Waals surface area contributed by atoms with Crippen molar-refractivity contribution in [3.63, 3.8) is 0 Å². The van der Waals surface area contributed by atoms with Gasteiger partial charge in [0.05, 0.1) is 22.9 Å². The van der Waals surface area contributed by atoms with E-state index in [9.17, 15) is 27.9 Å². The summed E-state index contributed by atoms with van der Waals surface area (Å²) in [5.74, 6) is -3.04. The first-order valence-corrected chi connectivity index (χ1v) is 8.11. The molecule has 3 rings (SSSR count). The number of aliphatic carboxylic acids is 1. The van der Waals surface area contributed by atoms with Crippen LogP contribution < -0.4 is 5.32 Å². The maximum atomic E-state index is 13.3. The molecular formula is C17H16F3N5O3. The number of nitrogens with one attached hydrogen (secondary N) is 1. The molecule has 148 valence electrons. The van der Waals surface area contributed by atoms with Gasteiger partial charge in [-0.1, -0.05) is 12.1 Å². The lowest BCUT2D eigenvalue weighted by Gasteiger charge is -2.19. The van der Waals surface area contributed by atoms with Crippen molar-refractivity contribution in [3.8, 4) is 0 Å². The zero-order chi connectivity index (χ0) is 20.7. The number of para-hydroxylation sites is 2. The van der Waals surface area contributed by atoms with Crippen LogP contribution in [0, 0.1) is 0 Å². The van der Waals surface area contributed by atoms with E-state index in [0.717, 1.165) is 9.25 Å². The van der Waals surface area contributed by atoms with Crippen LogP contribution in [0.15, 0.2) is 36.7 Å². The Morgan fingerprint density at radius 3 is 2.54 bits per heavy atom. The van der Waals surface area contributed by atoms with Gasteiger partial charge in [-0.3, -0.25) is 9.48 Å². The van der Waals surface area contributed by atoms with E-state index in [0.29, 0.717) is 0 Å². The van der Waals surface area contributed by atoms with Crippen LogP contribution in [0.25, 0.3) is 11.0 Å². The molecule has 28 heavy (non-hydrogen) atoms. The highest BCUT2D eigenvalue weighted by Crippen LogP contribution is 2.31. The minimum atomic E-state index is -4.73. The van der Waals surface area contributed by atoms with Crippen molar-refractivity contribution >= 4 is 28.6 Å². The number of carbonyl (C=O) groups is 2. The van der Waals surface area contributed by atoms with Crippen LogP contribution in [-0.4, -0.2) is 36.3 Å². The topological polar surface area (TPSA) is 102 Å². The van der Waals surface area contributed by atoms with E-state index in [2.05, 4.69) is 15.4 Å². The minimum absolute atomic E-state index is 0.124. The fourth-order valence-electron chi connectivity index (χ4n) is 2.59. The molecule has 8 nitrogen and oxygen atoms in total. The van der Waals surface area contributed by atoms with Gasteiger partial charge < -0.3 is 15.0 Å². The number of fused-ring (bicyclic) bond motifs is 1. The van der Waals surface area contributed by atoms with Crippen molar-refractivity contribution in [2.45, 2.75) is 32.1 Å². The lowest BCUT2D eigenvalue weighted by Crippen LogP contribution is -2.35. The van der Waals surface area contributed by atoms with E-state index in [4.69, 9.17) is 0 Å². The van der Waals surface area contributed by atoms with E-state index in [1.807, 2.05) is 0 Å². The van der Waals surface area contributed by atoms with Crippen LogP contribution in [0.5, 0.6) is 0 Å². The van der Waals surface area contributed by atoms with E-state index in [1.165, 1.54) is 38.4 Å². The lowest BCUT2D eigenvalue weighted by atomic mass is 10.1. The number of carbonyl (C=O) groups excluding carboxylic acids is 1. The third-order valence-corrected chi connectivity index (χ3v) is 4.17. The number of hydrogen-bond acceptors (Lipinski definition) is 4. The molecule has 0 bridgehead atoms. The predicted molar refractivity (Wildman–Crippen MR) is 92.5 cm³/mol. The highest BCUT2D eigenvalue weighted by atomic mass is 19.4. The molecule has 0 saturated heterocycles. The number of halogens is 3. The summed E-state index contributed by atoms with van der Waals surface area (Å²) in [6, 6.07) is 5.98. The molecule has 3 aromatic rings. The smallest absolute Gasteiger partial charge is 0.449 e. The van der Waals surface area contributed by atoms with Crippen molar-refractivity contribution in [1.29, 1.82) is 0 Å². The first-order chi connectivity index (χ1) is 13.0. The number of anilines is 1. The maximum Gasteiger partial charge on any atom is 0.449 e. The largest absolute Gasteiger partial charge is 0.479 e. The van der Waals surface area contributed by atoms with Crippen LogP contribution in [0.1, 0.15) is 19.7 Å². The van der Waals surface area contributed by atoms with Crippen molar-refractivity contribution < 1.29 is 27.9 Å². The molecule has 0 radical (unpaired) electrons. The van der Waals surface area contributed by atoms with Crippen LogP contribution in [0.4, 0.5) is 18.9 Å². The number of hydrogen-bond donors (Lipinski definition) is 2. The summed E-state index contributed by atoms with van der Waals surface area (Å²) in [5, 5.41) is 15.5. The molecular weight excluding hydrogens is 379 g/mol. The van der Waals surface area contributed by atoms with Gasteiger partial charge >= 0.3 is 12.1 Å². The highest BCUT2D eigenvalue weighted by Gasteiger charge is 2.38. The van der Waals surface area contributed by atoms with Gasteiger partial charge in [0.2, 0.25) is 11.7 Å². The molecule has 0 fully saturated rings. The van der Waals surface area contributed by atoms with Crippen molar-refractivity contribution in [1.82, 2.24) is 19.3 Å². The standard InChI is InChI=1S/C17H16F3N5O3/c1-16(2,15(27)28)25-8-10(7-21-25)22-13(26)9-24-12-6-4-3-5-11(12)23-14(24)17(18,19)20/h3-8H,9H2,1-2H3,(H,22,26)(H,27,28). The first-order valence-electron chi connectivity index (χ1n) is 8.11. The number of nitrogens with zero attached hydrogens (tertiary/aromatic N) is 4. The average molecular weight is 395 g/mol. The van der Waals surface area contributed by atoms with Crippen LogP contribution in [0.3, 0.4) is 0 Å². The Hall–Kier alpha value is -3.37. The van der Waals surface area contributed by atoms with Gasteiger partial charge in [-0.2, -0.15) is 18.3 Å². The SMILES string of the molecule is CC(C)(C(=O)O)n1cc(NC(=O)Cn2c(C(F)(F)F)nc3ccccc32)cn1. The van der Waals surface area contributed by atoms with E-state index in [1.54, 1.807) is 12.1 Å². The summed E-state index contributed by atoms with van der Waals surface area (Å²) in [6.07, 6.45) is -2.21. The molecule has 1 aromatic carbocycles. The summed E-state index contributed by atoms with van der Waals surface area (Å²) in [4.78, 5) is 27.1. The number of amides is 1. The summed E-state index contributed by atoms with van der Waals surface area (Å²) in [7, 11) is 0. The first kappa shape index (κ1) is 19.4. The molecule has 0 aliphatic carbocycles. The molecule has 2 heterocycles. The van der Waals surface area contributed by atoms with Crippen molar-refractivity contribution in [2.24, 2.45) is 0 Å². The Balaban J connectivity index is 1.85. The van der Waals surface area contributed by atoms with Crippen LogP contribution >= 0.6 is 0 Å². The Kier molecular flexibility index (Phi) is 4.61. The summed E-state index contributed by atoms with van der Waals surface area (Å²) >= 11 is 0. The predicted octanol–water partition coefficient (Wildman–Crippen LogP) is 2.71. The third kappa shape index (κ3) is 3.55. The van der Waals surface area contributed by atoms with Crippen LogP contribution in [-0.2, 0) is 27.8 Å². The van der Waals surface area contributed by atoms with Gasteiger partial charge in [-0.15, -0.1) is 0 Å². The molecule has 0 saturated carbocycles. The number of carboxylic acids is 1. The van der Waals surface area contributed by atoms with Gasteiger partial charge in [0, 0.05) is 6.20 Å². The maximum absolute atomic E-state index is 13.3. The second-order valence-corrected chi connectivity index (χ2v) is 6.59. The quantitative estimate of drug-likeness (QED) is 0.692. The number of imidazole rings is 1. The Morgan fingerprint density at radius 1 is 1.21 bits per heavy atom. The number of carboxylic acid groups (broad SMARTS) is 1. The zero-order valence-electron chi connectivity index (χ0n) is 14.9. The van der Waals surface area contributed by atoms with Gasteiger partial charge in [0.15, 0.2) is 5.54 Å². The van der Waals surface area contributed by atoms with Crippen molar-refractivity contribution in [3.05, 3.63) is 42.5 Å². The normalized spacial score (nSPS) is 12.3. The third-order valence-electron chi connectivity index (χ3n) is 4.17. The van der Waals surface area contributed by atoms with E-state index < -0.39 is 36.0 Å². The summed E-state index contributed by atoms with van der Waals surface area (Å²) in [6.45, 7) is 2.21. The zero-order valence-corrected chi connectivity index (χ0v) is 14.9. The van der Waals surface area contributed by atoms with Crippen LogP contribution in [0.2, 0.25) is 0 Å². The second-order valence-electron chi connectivity index (χ2n) is 6.59. The average Bonchev–Trinajstić information content (AvgIpc) is 3.20. The summed E-state index contributed by atoms with van der Waals surface area (Å²) in [5.41, 5.74) is -0.892. The molecule has 0 atom stereocenters. The number of rotatable bonds is 5. The fraction of sp³-hybridized carbons (Fsp3) is 0.294. The highest BCUT2D eigenvalue weighted by molar-refractivity contribution is 5.91. The van der Waals surface area contributed by atoms with E-state index in [-0.39, 0.29) is 16.7 Å². The Morgan fingerprint density at radius 2 is 1.89 bits per heavy atom. The minimum Gasteiger partial charge on any atom is -0.479 e. The van der Waals surface area contributed by atoms with Gasteiger partial charge in [0.1, 0.15) is 6.54 Å². The molecule has 2 N–H and O–H groups in total. The number of benzene rings is 1. The molecule has 0 spiro atoms. The second kappa shape index (κ2) is 6.66. The van der Waals surface area contributed by atoms with Gasteiger partial charge in [0.25, 0.3) is 0 Å². The molecule has 0 unspecified atom stereocenters. The molecule has 1 amide bonds. The van der Waals surface area contributed by atoms with Gasteiger partial charge in [-0.05, 0) is 26.0 Å². The molecule has 11 heteroatoms. The summed E-state index contributed by atoms with van der Waals surface area (Å²) < 4.78 is 41.8. The lowest BCUT2D eigenvalue weighted by molar-refractivity contribution is -0.147. The monoisotopic (exact) mass is 395 g/mol. The molecule has 0 aliphatic rings. The fourth-order valence-corrected chi connectivity index (χ4v) is 2.59. The number of aromatic nitrogens is 4. The van der Waals surface area contributed by atoms with Crippen molar-refractivity contribution in [2.75, 3.05) is 5.32 Å². The van der Waals surface area contributed by atoms with E-state index >= 15 is 0 Å². The molecule has 0 aliphatic heterocycles.